The highest BCUT2D eigenvalue weighted by Gasteiger charge is 2.33. The van der Waals surface area contributed by atoms with E-state index >= 15 is 0 Å². The van der Waals surface area contributed by atoms with Crippen molar-refractivity contribution in [2.45, 2.75) is 58.1 Å². The second-order valence-electron chi connectivity index (χ2n) is 7.43. The van der Waals surface area contributed by atoms with Crippen molar-refractivity contribution in [1.82, 2.24) is 4.90 Å². The van der Waals surface area contributed by atoms with Crippen molar-refractivity contribution in [1.29, 1.82) is 0 Å². The van der Waals surface area contributed by atoms with Crippen molar-refractivity contribution < 1.29 is 13.9 Å². The number of rotatable bonds is 1. The number of nitrogens with zero attached hydrogens (tertiary/aromatic N) is 1. The molecule has 1 aromatic heterocycles. The first-order valence-corrected chi connectivity index (χ1v) is 8.31. The summed E-state index contributed by atoms with van der Waals surface area (Å²) in [4.78, 5) is 14.2. The number of benzene rings is 1. The van der Waals surface area contributed by atoms with Crippen LogP contribution in [0.1, 0.15) is 52.0 Å². The molecule has 2 aromatic rings. The first-order chi connectivity index (χ1) is 10.8. The summed E-state index contributed by atoms with van der Waals surface area (Å²) in [6.45, 7) is 8.52. The van der Waals surface area contributed by atoms with Crippen molar-refractivity contribution in [3.63, 3.8) is 0 Å². The molecule has 1 aliphatic rings. The molecular formula is C19H25NO3. The van der Waals surface area contributed by atoms with Crippen molar-refractivity contribution in [2.75, 3.05) is 6.54 Å². The molecule has 1 fully saturated rings. The molecule has 3 rings (SSSR count). The van der Waals surface area contributed by atoms with Crippen LogP contribution in [0.15, 0.2) is 34.9 Å². The quantitative estimate of drug-likeness (QED) is 0.749. The summed E-state index contributed by atoms with van der Waals surface area (Å²) in [5.74, 6) is 0.415. The highest BCUT2D eigenvalue weighted by molar-refractivity contribution is 5.80. The Balaban J connectivity index is 1.74. The molecule has 1 amide bonds. The molecule has 23 heavy (non-hydrogen) atoms. The Morgan fingerprint density at radius 1 is 1.30 bits per heavy atom. The molecule has 0 bridgehead atoms. The molecule has 124 valence electrons. The van der Waals surface area contributed by atoms with Gasteiger partial charge in [-0.05, 0) is 58.1 Å². The molecular weight excluding hydrogens is 290 g/mol. The van der Waals surface area contributed by atoms with E-state index in [1.165, 1.54) is 5.56 Å². The summed E-state index contributed by atoms with van der Waals surface area (Å²) in [5, 5.41) is 1.14. The van der Waals surface area contributed by atoms with Crippen LogP contribution in [-0.2, 0) is 4.74 Å². The SMILES string of the molecule is CC1CC(c2cccc3ccoc23)CCN1C(=O)OC(C)(C)C. The molecule has 2 atom stereocenters. The molecule has 4 nitrogen and oxygen atoms in total. The summed E-state index contributed by atoms with van der Waals surface area (Å²) in [6.07, 6.45) is 3.40. The molecule has 0 spiro atoms. The molecule has 1 aliphatic heterocycles. The normalized spacial score (nSPS) is 22.3. The Kier molecular flexibility index (Phi) is 4.09. The maximum atomic E-state index is 12.3. The minimum Gasteiger partial charge on any atom is -0.464 e. The third kappa shape index (κ3) is 3.36. The summed E-state index contributed by atoms with van der Waals surface area (Å²) >= 11 is 0. The van der Waals surface area contributed by atoms with Crippen LogP contribution < -0.4 is 0 Å². The summed E-state index contributed by atoms with van der Waals surface area (Å²) < 4.78 is 11.2. The number of amides is 1. The standard InChI is InChI=1S/C19H25NO3/c1-13-12-15(8-10-20(13)18(21)23-19(2,3)4)16-7-5-6-14-9-11-22-17(14)16/h5-7,9,11,13,15H,8,10,12H2,1-4H3. The first kappa shape index (κ1) is 15.9. The Hall–Kier alpha value is -1.97. The predicted molar refractivity (Wildman–Crippen MR) is 90.6 cm³/mol. The number of ether oxygens (including phenoxy) is 1. The van der Waals surface area contributed by atoms with E-state index in [9.17, 15) is 4.79 Å². The lowest BCUT2D eigenvalue weighted by atomic mass is 9.85. The van der Waals surface area contributed by atoms with Gasteiger partial charge in [0.05, 0.1) is 6.26 Å². The third-order valence-corrected chi connectivity index (χ3v) is 4.45. The van der Waals surface area contributed by atoms with Gasteiger partial charge in [-0.15, -0.1) is 0 Å². The van der Waals surface area contributed by atoms with Crippen LogP contribution >= 0.6 is 0 Å². The predicted octanol–water partition coefficient (Wildman–Crippen LogP) is 4.94. The highest BCUT2D eigenvalue weighted by atomic mass is 16.6. The van der Waals surface area contributed by atoms with E-state index < -0.39 is 5.60 Å². The zero-order valence-electron chi connectivity index (χ0n) is 14.3. The fourth-order valence-corrected chi connectivity index (χ4v) is 3.38. The zero-order valence-corrected chi connectivity index (χ0v) is 14.3. The number of piperidine rings is 1. The number of para-hydroxylation sites is 1. The van der Waals surface area contributed by atoms with Gasteiger partial charge in [0.1, 0.15) is 11.2 Å². The van der Waals surface area contributed by atoms with Crippen LogP contribution in [-0.4, -0.2) is 29.2 Å². The van der Waals surface area contributed by atoms with Crippen LogP contribution in [0.25, 0.3) is 11.0 Å². The van der Waals surface area contributed by atoms with E-state index in [-0.39, 0.29) is 12.1 Å². The lowest BCUT2D eigenvalue weighted by Gasteiger charge is -2.38. The van der Waals surface area contributed by atoms with E-state index in [2.05, 4.69) is 25.1 Å². The van der Waals surface area contributed by atoms with Crippen molar-refractivity contribution in [2.24, 2.45) is 0 Å². The minimum absolute atomic E-state index is 0.161. The number of likely N-dealkylation sites (tertiary alicyclic amines) is 1. The molecule has 1 saturated heterocycles. The topological polar surface area (TPSA) is 42.7 Å². The second-order valence-corrected chi connectivity index (χ2v) is 7.43. The van der Waals surface area contributed by atoms with Crippen molar-refractivity contribution in [3.8, 4) is 0 Å². The molecule has 0 saturated carbocycles. The maximum Gasteiger partial charge on any atom is 0.410 e. The molecule has 1 aromatic carbocycles. The summed E-state index contributed by atoms with van der Waals surface area (Å²) in [6, 6.07) is 8.46. The number of fused-ring (bicyclic) bond motifs is 1. The van der Waals surface area contributed by atoms with Crippen LogP contribution in [0.2, 0.25) is 0 Å². The number of carbonyl (C=O) groups is 1. The van der Waals surface area contributed by atoms with Gasteiger partial charge in [-0.2, -0.15) is 0 Å². The lowest BCUT2D eigenvalue weighted by molar-refractivity contribution is 0.0104. The first-order valence-electron chi connectivity index (χ1n) is 8.31. The van der Waals surface area contributed by atoms with E-state index in [0.717, 1.165) is 30.4 Å². The molecule has 0 N–H and O–H groups in total. The highest BCUT2D eigenvalue weighted by Crippen LogP contribution is 2.36. The van der Waals surface area contributed by atoms with E-state index in [1.54, 1.807) is 6.26 Å². The number of hydrogen-bond donors (Lipinski definition) is 0. The Labute approximate surface area is 137 Å². The van der Waals surface area contributed by atoms with Gasteiger partial charge in [-0.3, -0.25) is 0 Å². The van der Waals surface area contributed by atoms with Crippen molar-refractivity contribution >= 4 is 17.1 Å². The molecule has 2 heterocycles. The molecule has 0 aliphatic carbocycles. The largest absolute Gasteiger partial charge is 0.464 e. The van der Waals surface area contributed by atoms with Gasteiger partial charge in [-0.25, -0.2) is 4.79 Å². The average molecular weight is 315 g/mol. The fraction of sp³-hybridized carbons (Fsp3) is 0.526. The Morgan fingerprint density at radius 3 is 2.78 bits per heavy atom. The maximum absolute atomic E-state index is 12.3. The van der Waals surface area contributed by atoms with Gasteiger partial charge in [-0.1, -0.05) is 18.2 Å². The van der Waals surface area contributed by atoms with Gasteiger partial charge in [0.15, 0.2) is 0 Å². The second kappa shape index (κ2) is 5.91. The average Bonchev–Trinajstić information content (AvgIpc) is 2.93. The smallest absolute Gasteiger partial charge is 0.410 e. The third-order valence-electron chi connectivity index (χ3n) is 4.45. The van der Waals surface area contributed by atoms with Gasteiger partial charge >= 0.3 is 6.09 Å². The zero-order chi connectivity index (χ0) is 16.6. The fourth-order valence-electron chi connectivity index (χ4n) is 3.38. The van der Waals surface area contributed by atoms with Crippen LogP contribution in [0.3, 0.4) is 0 Å². The minimum atomic E-state index is -0.451. The molecule has 2 unspecified atom stereocenters. The van der Waals surface area contributed by atoms with Crippen LogP contribution in [0, 0.1) is 0 Å². The Bertz CT molecular complexity index is 698. The molecule has 0 radical (unpaired) electrons. The van der Waals surface area contributed by atoms with Gasteiger partial charge in [0, 0.05) is 18.0 Å². The van der Waals surface area contributed by atoms with E-state index in [4.69, 9.17) is 9.15 Å². The monoisotopic (exact) mass is 315 g/mol. The van der Waals surface area contributed by atoms with Gasteiger partial charge < -0.3 is 14.1 Å². The van der Waals surface area contributed by atoms with Gasteiger partial charge in [0.25, 0.3) is 0 Å². The number of hydrogen-bond acceptors (Lipinski definition) is 3. The Morgan fingerprint density at radius 2 is 2.09 bits per heavy atom. The lowest BCUT2D eigenvalue weighted by Crippen LogP contribution is -2.46. The van der Waals surface area contributed by atoms with E-state index in [1.807, 2.05) is 31.7 Å². The number of carbonyl (C=O) groups excluding carboxylic acids is 1. The van der Waals surface area contributed by atoms with Crippen molar-refractivity contribution in [3.05, 3.63) is 36.1 Å². The van der Waals surface area contributed by atoms with Crippen LogP contribution in [0.4, 0.5) is 4.79 Å². The summed E-state index contributed by atoms with van der Waals surface area (Å²) in [7, 11) is 0. The summed E-state index contributed by atoms with van der Waals surface area (Å²) in [5.41, 5.74) is 1.78. The number of furan rings is 1. The van der Waals surface area contributed by atoms with Crippen LogP contribution in [0.5, 0.6) is 0 Å². The van der Waals surface area contributed by atoms with E-state index in [0.29, 0.717) is 5.92 Å². The van der Waals surface area contributed by atoms with Gasteiger partial charge in [0.2, 0.25) is 0 Å². The molecule has 4 heteroatoms.